The van der Waals surface area contributed by atoms with Gasteiger partial charge in [-0.05, 0) is 39.0 Å². The van der Waals surface area contributed by atoms with Gasteiger partial charge in [-0.2, -0.15) is 5.10 Å². The van der Waals surface area contributed by atoms with Crippen molar-refractivity contribution in [1.82, 2.24) is 19.6 Å². The van der Waals surface area contributed by atoms with E-state index in [0.29, 0.717) is 37.0 Å². The molecule has 2 atom stereocenters. The van der Waals surface area contributed by atoms with Crippen LogP contribution in [-0.4, -0.2) is 56.8 Å². The van der Waals surface area contributed by atoms with Crippen LogP contribution in [0.15, 0.2) is 0 Å². The van der Waals surface area contributed by atoms with Crippen molar-refractivity contribution in [2.24, 2.45) is 18.9 Å². The number of aryl methyl sites for hydroxylation is 1. The van der Waals surface area contributed by atoms with E-state index < -0.39 is 5.60 Å². The summed E-state index contributed by atoms with van der Waals surface area (Å²) in [7, 11) is 1.82. The second-order valence-electron chi connectivity index (χ2n) is 9.21. The summed E-state index contributed by atoms with van der Waals surface area (Å²) in [6.45, 7) is 12.5. The average Bonchev–Trinajstić information content (AvgIpc) is 2.86. The molecule has 3 heterocycles. The highest BCUT2D eigenvalue weighted by Gasteiger charge is 2.34. The molecule has 2 amide bonds. The topological polar surface area (TPSA) is 67.7 Å². The number of likely N-dealkylation sites (tertiary alicyclic amines) is 1. The van der Waals surface area contributed by atoms with Gasteiger partial charge in [0.1, 0.15) is 11.3 Å². The standard InChI is InChI=1S/C20H32N4O3/c1-13-9-14(2)11-24(10-13)18(25)17-15-12-23(19(26)27-20(3,4)5)8-7-16(15)21-22(17)6/h13-14H,7-12H2,1-6H3. The Morgan fingerprint density at radius 2 is 1.74 bits per heavy atom. The van der Waals surface area contributed by atoms with Crippen LogP contribution in [0, 0.1) is 11.8 Å². The molecular weight excluding hydrogens is 344 g/mol. The monoisotopic (exact) mass is 376 g/mol. The molecule has 7 nitrogen and oxygen atoms in total. The van der Waals surface area contributed by atoms with E-state index in [1.54, 1.807) is 9.58 Å². The van der Waals surface area contributed by atoms with E-state index in [0.717, 1.165) is 30.8 Å². The second kappa shape index (κ2) is 7.17. The van der Waals surface area contributed by atoms with Gasteiger partial charge in [-0.25, -0.2) is 4.79 Å². The zero-order chi connectivity index (χ0) is 19.9. The lowest BCUT2D eigenvalue weighted by atomic mass is 9.91. The van der Waals surface area contributed by atoms with Crippen molar-refractivity contribution in [2.75, 3.05) is 19.6 Å². The number of hydrogen-bond donors (Lipinski definition) is 0. The molecule has 7 heteroatoms. The van der Waals surface area contributed by atoms with Crippen LogP contribution < -0.4 is 0 Å². The molecular formula is C20H32N4O3. The van der Waals surface area contributed by atoms with Crippen molar-refractivity contribution < 1.29 is 14.3 Å². The molecule has 1 fully saturated rings. The van der Waals surface area contributed by atoms with Gasteiger partial charge in [0, 0.05) is 38.7 Å². The average molecular weight is 377 g/mol. The third-order valence-electron chi connectivity index (χ3n) is 5.21. The normalized spacial score (nSPS) is 23.2. The fourth-order valence-corrected chi connectivity index (χ4v) is 4.23. The first-order valence-electron chi connectivity index (χ1n) is 9.87. The Balaban J connectivity index is 1.82. The van der Waals surface area contributed by atoms with E-state index in [1.807, 2.05) is 32.7 Å². The van der Waals surface area contributed by atoms with Gasteiger partial charge >= 0.3 is 6.09 Å². The Morgan fingerprint density at radius 3 is 2.33 bits per heavy atom. The van der Waals surface area contributed by atoms with Crippen molar-refractivity contribution in [3.63, 3.8) is 0 Å². The number of nitrogens with zero attached hydrogens (tertiary/aromatic N) is 4. The van der Waals surface area contributed by atoms with E-state index in [2.05, 4.69) is 18.9 Å². The van der Waals surface area contributed by atoms with E-state index >= 15 is 0 Å². The van der Waals surface area contributed by atoms with Gasteiger partial charge in [0.05, 0.1) is 12.2 Å². The first-order chi connectivity index (χ1) is 12.5. The number of rotatable bonds is 1. The van der Waals surface area contributed by atoms with E-state index in [-0.39, 0.29) is 12.0 Å². The van der Waals surface area contributed by atoms with E-state index in [1.165, 1.54) is 0 Å². The molecule has 0 spiro atoms. The summed E-state index contributed by atoms with van der Waals surface area (Å²) in [6.07, 6.45) is 1.46. The molecule has 1 aromatic heterocycles. The minimum absolute atomic E-state index is 0.0238. The predicted molar refractivity (Wildman–Crippen MR) is 102 cm³/mol. The van der Waals surface area contributed by atoms with Crippen molar-refractivity contribution >= 4 is 12.0 Å². The molecule has 0 saturated carbocycles. The molecule has 1 aromatic rings. The zero-order valence-electron chi connectivity index (χ0n) is 17.4. The molecule has 0 radical (unpaired) electrons. The Labute approximate surface area is 161 Å². The van der Waals surface area contributed by atoms with E-state index in [4.69, 9.17) is 4.74 Å². The summed E-state index contributed by atoms with van der Waals surface area (Å²) in [5.41, 5.74) is 1.86. The SMILES string of the molecule is CC1CC(C)CN(C(=O)c2c3c(nn2C)CCN(C(=O)OC(C)(C)C)C3)C1. The highest BCUT2D eigenvalue weighted by atomic mass is 16.6. The van der Waals surface area contributed by atoms with Gasteiger partial charge in [0.2, 0.25) is 0 Å². The molecule has 0 aliphatic carbocycles. The molecule has 0 bridgehead atoms. The van der Waals surface area contributed by atoms with Crippen LogP contribution in [-0.2, 0) is 24.8 Å². The summed E-state index contributed by atoms with van der Waals surface area (Å²) < 4.78 is 7.20. The first-order valence-corrected chi connectivity index (χ1v) is 9.87. The van der Waals surface area contributed by atoms with Gasteiger partial charge in [-0.1, -0.05) is 13.8 Å². The Hall–Kier alpha value is -2.05. The number of carbonyl (C=O) groups is 2. The fraction of sp³-hybridized carbons (Fsp3) is 0.750. The van der Waals surface area contributed by atoms with Crippen molar-refractivity contribution in [1.29, 1.82) is 0 Å². The zero-order valence-corrected chi connectivity index (χ0v) is 17.4. The number of aromatic nitrogens is 2. The minimum Gasteiger partial charge on any atom is -0.444 e. The lowest BCUT2D eigenvalue weighted by Crippen LogP contribution is -2.44. The number of amides is 2. The van der Waals surface area contributed by atoms with Crippen molar-refractivity contribution in [3.05, 3.63) is 17.0 Å². The van der Waals surface area contributed by atoms with Gasteiger partial charge < -0.3 is 14.5 Å². The lowest BCUT2D eigenvalue weighted by molar-refractivity contribution is 0.0221. The highest BCUT2D eigenvalue weighted by Crippen LogP contribution is 2.27. The van der Waals surface area contributed by atoms with Crippen LogP contribution in [0.1, 0.15) is 62.8 Å². The number of fused-ring (bicyclic) bond motifs is 1. The molecule has 0 aromatic carbocycles. The predicted octanol–water partition coefficient (Wildman–Crippen LogP) is 2.83. The Kier molecular flexibility index (Phi) is 5.23. The summed E-state index contributed by atoms with van der Waals surface area (Å²) in [6, 6.07) is 0. The molecule has 3 rings (SSSR count). The number of hydrogen-bond acceptors (Lipinski definition) is 4. The van der Waals surface area contributed by atoms with Crippen LogP contribution in [0.5, 0.6) is 0 Å². The van der Waals surface area contributed by atoms with Crippen LogP contribution in [0.2, 0.25) is 0 Å². The van der Waals surface area contributed by atoms with Gasteiger partial charge in [0.15, 0.2) is 0 Å². The van der Waals surface area contributed by atoms with Crippen LogP contribution >= 0.6 is 0 Å². The molecule has 150 valence electrons. The smallest absolute Gasteiger partial charge is 0.410 e. The third kappa shape index (κ3) is 4.28. The van der Waals surface area contributed by atoms with E-state index in [9.17, 15) is 9.59 Å². The van der Waals surface area contributed by atoms with Crippen molar-refractivity contribution in [3.8, 4) is 0 Å². The molecule has 1 saturated heterocycles. The van der Waals surface area contributed by atoms with Crippen molar-refractivity contribution in [2.45, 2.75) is 59.6 Å². The summed E-state index contributed by atoms with van der Waals surface area (Å²) in [4.78, 5) is 29.4. The number of ether oxygens (including phenoxy) is 1. The molecule has 2 unspecified atom stereocenters. The second-order valence-corrected chi connectivity index (χ2v) is 9.21. The number of carbonyl (C=O) groups excluding carboxylic acids is 2. The minimum atomic E-state index is -0.537. The molecule has 27 heavy (non-hydrogen) atoms. The maximum atomic E-state index is 13.3. The van der Waals surface area contributed by atoms with Gasteiger partial charge in [-0.15, -0.1) is 0 Å². The highest BCUT2D eigenvalue weighted by molar-refractivity contribution is 5.94. The first kappa shape index (κ1) is 19.7. The summed E-state index contributed by atoms with van der Waals surface area (Å²) >= 11 is 0. The van der Waals surface area contributed by atoms with Gasteiger partial charge in [-0.3, -0.25) is 9.48 Å². The van der Waals surface area contributed by atoms with Crippen LogP contribution in [0.4, 0.5) is 4.79 Å². The Bertz CT molecular complexity index is 724. The van der Waals surface area contributed by atoms with Gasteiger partial charge in [0.25, 0.3) is 5.91 Å². The largest absolute Gasteiger partial charge is 0.444 e. The maximum Gasteiger partial charge on any atom is 0.410 e. The Morgan fingerprint density at radius 1 is 1.11 bits per heavy atom. The quantitative estimate of drug-likeness (QED) is 0.756. The maximum absolute atomic E-state index is 13.3. The lowest BCUT2D eigenvalue weighted by Gasteiger charge is -2.35. The molecule has 2 aliphatic rings. The summed E-state index contributed by atoms with van der Waals surface area (Å²) in [5.74, 6) is 1.02. The van der Waals surface area contributed by atoms with Crippen LogP contribution in [0.3, 0.4) is 0 Å². The third-order valence-corrected chi connectivity index (χ3v) is 5.21. The number of piperidine rings is 1. The molecule has 2 aliphatic heterocycles. The molecule has 0 N–H and O–H groups in total. The fourth-order valence-electron chi connectivity index (χ4n) is 4.23. The summed E-state index contributed by atoms with van der Waals surface area (Å²) in [5, 5.41) is 4.56. The van der Waals surface area contributed by atoms with Crippen LogP contribution in [0.25, 0.3) is 0 Å².